The zero-order valence-corrected chi connectivity index (χ0v) is 17.5. The third-order valence-electron chi connectivity index (χ3n) is 6.10. The van der Waals surface area contributed by atoms with E-state index in [0.717, 1.165) is 81.0 Å². The maximum atomic E-state index is 9.97. The van der Waals surface area contributed by atoms with E-state index in [1.54, 1.807) is 12.1 Å². The number of aromatic hydroxyl groups is 4. The van der Waals surface area contributed by atoms with E-state index >= 15 is 0 Å². The van der Waals surface area contributed by atoms with Gasteiger partial charge < -0.3 is 31.5 Å². The van der Waals surface area contributed by atoms with E-state index in [1.807, 2.05) is 12.1 Å². The van der Waals surface area contributed by atoms with Gasteiger partial charge >= 0.3 is 0 Å². The molecule has 0 aliphatic heterocycles. The molecule has 6 heteroatoms. The number of hydrogen-bond acceptors (Lipinski definition) is 6. The molecule has 164 valence electrons. The molecule has 0 amide bonds. The molecule has 2 aromatic carbocycles. The average molecular weight is 415 g/mol. The van der Waals surface area contributed by atoms with Crippen molar-refractivity contribution in [1.82, 2.24) is 5.32 Å². The van der Waals surface area contributed by atoms with Crippen LogP contribution in [-0.4, -0.2) is 39.1 Å². The lowest BCUT2D eigenvalue weighted by molar-refractivity contribution is 0.387. The van der Waals surface area contributed by atoms with Crippen molar-refractivity contribution in [3.8, 4) is 23.0 Å². The first-order valence-electron chi connectivity index (χ1n) is 11.0. The van der Waals surface area contributed by atoms with Crippen LogP contribution in [0.4, 0.5) is 0 Å². The number of nitrogens with two attached hydrogens (primary N) is 1. The quantitative estimate of drug-likeness (QED) is 0.262. The van der Waals surface area contributed by atoms with Crippen LogP contribution in [-0.2, 0) is 19.3 Å². The molecule has 2 atom stereocenters. The van der Waals surface area contributed by atoms with Gasteiger partial charge in [0.25, 0.3) is 0 Å². The van der Waals surface area contributed by atoms with Crippen LogP contribution in [0, 0.1) is 0 Å². The molecule has 30 heavy (non-hydrogen) atoms. The second-order valence-electron chi connectivity index (χ2n) is 8.44. The van der Waals surface area contributed by atoms with Gasteiger partial charge in [-0.15, -0.1) is 0 Å². The van der Waals surface area contributed by atoms with Gasteiger partial charge in [-0.25, -0.2) is 0 Å². The summed E-state index contributed by atoms with van der Waals surface area (Å²) in [7, 11) is 0. The molecule has 2 aromatic rings. The first-order chi connectivity index (χ1) is 14.4. The average Bonchev–Trinajstić information content (AvgIpc) is 2.74. The molecule has 2 unspecified atom stereocenters. The van der Waals surface area contributed by atoms with E-state index < -0.39 is 0 Å². The second kappa shape index (κ2) is 10.5. The highest BCUT2D eigenvalue weighted by Crippen LogP contribution is 2.35. The minimum absolute atomic E-state index is 0.0282. The van der Waals surface area contributed by atoms with Gasteiger partial charge in [0.2, 0.25) is 0 Å². The lowest BCUT2D eigenvalue weighted by atomic mass is 9.87. The number of nitrogens with one attached hydrogen (secondary N) is 1. The number of phenolic OH excluding ortho intramolecular Hbond substituents is 4. The fourth-order valence-electron chi connectivity index (χ4n) is 4.23. The van der Waals surface area contributed by atoms with Crippen LogP contribution < -0.4 is 11.1 Å². The molecule has 1 aliphatic rings. The number of phenols is 4. The zero-order valence-electron chi connectivity index (χ0n) is 17.5. The molecule has 0 aromatic heterocycles. The summed E-state index contributed by atoms with van der Waals surface area (Å²) in [6.45, 7) is 0.978. The summed E-state index contributed by atoms with van der Waals surface area (Å²) >= 11 is 0. The Hall–Kier alpha value is -2.44. The van der Waals surface area contributed by atoms with Crippen LogP contribution in [0.1, 0.15) is 55.2 Å². The highest BCUT2D eigenvalue weighted by molar-refractivity contribution is 5.50. The van der Waals surface area contributed by atoms with E-state index in [9.17, 15) is 20.4 Å². The van der Waals surface area contributed by atoms with Crippen molar-refractivity contribution in [3.05, 3.63) is 47.0 Å². The van der Waals surface area contributed by atoms with Crippen LogP contribution >= 0.6 is 0 Å². The van der Waals surface area contributed by atoms with Gasteiger partial charge in [0, 0.05) is 17.6 Å². The molecule has 0 saturated heterocycles. The van der Waals surface area contributed by atoms with Gasteiger partial charge in [-0.1, -0.05) is 25.0 Å². The Morgan fingerprint density at radius 1 is 0.933 bits per heavy atom. The molecule has 1 aliphatic carbocycles. The number of fused-ring (bicyclic) bond motifs is 1. The largest absolute Gasteiger partial charge is 0.504 e. The van der Waals surface area contributed by atoms with Crippen molar-refractivity contribution in [3.63, 3.8) is 0 Å². The van der Waals surface area contributed by atoms with E-state index in [1.165, 1.54) is 6.07 Å². The summed E-state index contributed by atoms with van der Waals surface area (Å²) in [5.74, 6) is -0.152. The van der Waals surface area contributed by atoms with Gasteiger partial charge in [-0.2, -0.15) is 0 Å². The highest BCUT2D eigenvalue weighted by Gasteiger charge is 2.21. The van der Waals surface area contributed by atoms with Gasteiger partial charge in [-0.3, -0.25) is 0 Å². The monoisotopic (exact) mass is 414 g/mol. The van der Waals surface area contributed by atoms with Crippen LogP contribution in [0.15, 0.2) is 30.3 Å². The zero-order chi connectivity index (χ0) is 21.5. The Bertz CT molecular complexity index is 840. The first-order valence-corrected chi connectivity index (χ1v) is 11.0. The Kier molecular flexibility index (Phi) is 7.82. The molecule has 0 saturated carbocycles. The third kappa shape index (κ3) is 6.03. The maximum Gasteiger partial charge on any atom is 0.160 e. The number of hydrogen-bond donors (Lipinski definition) is 6. The van der Waals surface area contributed by atoms with Gasteiger partial charge in [-0.05, 0) is 80.8 Å². The molecule has 7 N–H and O–H groups in total. The number of unbranched alkanes of at least 4 members (excludes halogenated alkanes) is 2. The van der Waals surface area contributed by atoms with Gasteiger partial charge in [0.05, 0.1) is 0 Å². The van der Waals surface area contributed by atoms with Crippen LogP contribution in [0.3, 0.4) is 0 Å². The molecular formula is C24H34N2O4. The van der Waals surface area contributed by atoms with Gasteiger partial charge in [0.15, 0.2) is 23.0 Å². The topological polar surface area (TPSA) is 119 Å². The summed E-state index contributed by atoms with van der Waals surface area (Å²) in [5, 5.41) is 42.1. The summed E-state index contributed by atoms with van der Waals surface area (Å²) in [4.78, 5) is 0. The smallest absolute Gasteiger partial charge is 0.160 e. The Morgan fingerprint density at radius 2 is 1.73 bits per heavy atom. The molecule has 0 bridgehead atoms. The maximum absolute atomic E-state index is 9.97. The van der Waals surface area contributed by atoms with Gasteiger partial charge in [0.1, 0.15) is 0 Å². The Morgan fingerprint density at radius 3 is 2.53 bits per heavy atom. The minimum Gasteiger partial charge on any atom is -0.504 e. The molecule has 6 nitrogen and oxygen atoms in total. The lowest BCUT2D eigenvalue weighted by Crippen LogP contribution is -2.35. The van der Waals surface area contributed by atoms with Crippen molar-refractivity contribution in [1.29, 1.82) is 0 Å². The minimum atomic E-state index is -0.0912. The standard InChI is InChI=1S/C24H34N2O4/c25-18(8-5-16-6-11-21(27)23(29)14-16)4-2-1-3-13-26-19-9-10-20-17(15-19)7-12-22(28)24(20)30/h6-7,11-12,14,18-19,26-30H,1-5,8-10,13,15,25H2. The van der Waals surface area contributed by atoms with E-state index in [4.69, 9.17) is 5.73 Å². The molecule has 3 rings (SSSR count). The predicted molar refractivity (Wildman–Crippen MR) is 118 cm³/mol. The number of rotatable bonds is 10. The fraction of sp³-hybridized carbons (Fsp3) is 0.500. The van der Waals surface area contributed by atoms with E-state index in [-0.39, 0.29) is 29.0 Å². The van der Waals surface area contributed by atoms with Crippen molar-refractivity contribution in [2.75, 3.05) is 6.54 Å². The molecule has 0 radical (unpaired) electrons. The lowest BCUT2D eigenvalue weighted by Gasteiger charge is -2.26. The summed E-state index contributed by atoms with van der Waals surface area (Å²) in [5.41, 5.74) is 9.23. The molecule has 0 spiro atoms. The van der Waals surface area contributed by atoms with E-state index in [0.29, 0.717) is 6.04 Å². The second-order valence-corrected chi connectivity index (χ2v) is 8.44. The summed E-state index contributed by atoms with van der Waals surface area (Å²) < 4.78 is 0. The summed E-state index contributed by atoms with van der Waals surface area (Å²) in [6, 6.07) is 8.99. The van der Waals surface area contributed by atoms with Crippen molar-refractivity contribution < 1.29 is 20.4 Å². The Balaban J connectivity index is 1.26. The van der Waals surface area contributed by atoms with Crippen molar-refractivity contribution >= 4 is 0 Å². The normalized spacial score (nSPS) is 16.9. The molecule has 0 heterocycles. The summed E-state index contributed by atoms with van der Waals surface area (Å²) in [6.07, 6.45) is 8.66. The number of benzene rings is 2. The van der Waals surface area contributed by atoms with Crippen LogP contribution in [0.25, 0.3) is 0 Å². The fourth-order valence-corrected chi connectivity index (χ4v) is 4.23. The van der Waals surface area contributed by atoms with Crippen LogP contribution in [0.5, 0.6) is 23.0 Å². The SMILES string of the molecule is NC(CCCCCNC1CCc2c(ccc(O)c2O)C1)CCc1ccc(O)c(O)c1. The number of aryl methyl sites for hydroxylation is 1. The molecule has 0 fully saturated rings. The van der Waals surface area contributed by atoms with Crippen molar-refractivity contribution in [2.45, 2.75) is 69.9 Å². The molecular weight excluding hydrogens is 380 g/mol. The highest BCUT2D eigenvalue weighted by atomic mass is 16.3. The van der Waals surface area contributed by atoms with Crippen LogP contribution in [0.2, 0.25) is 0 Å². The van der Waals surface area contributed by atoms with Crippen molar-refractivity contribution in [2.24, 2.45) is 5.73 Å². The Labute approximate surface area is 178 Å². The predicted octanol–water partition coefficient (Wildman–Crippen LogP) is 3.48. The third-order valence-corrected chi connectivity index (χ3v) is 6.10. The first kappa shape index (κ1) is 22.2. The van der Waals surface area contributed by atoms with E-state index in [2.05, 4.69) is 5.32 Å².